The number of rotatable bonds is 7. The Morgan fingerprint density at radius 2 is 1.77 bits per heavy atom. The summed E-state index contributed by atoms with van der Waals surface area (Å²) < 4.78 is 51.2. The van der Waals surface area contributed by atoms with Crippen LogP contribution in [0.4, 0.5) is 24.5 Å². The molecule has 39 heavy (non-hydrogen) atoms. The second-order valence-electron chi connectivity index (χ2n) is 9.91. The molecule has 3 aromatic carbocycles. The van der Waals surface area contributed by atoms with Crippen molar-refractivity contribution in [1.29, 1.82) is 0 Å². The first-order chi connectivity index (χ1) is 18.8. The van der Waals surface area contributed by atoms with E-state index in [1.165, 1.54) is 6.07 Å². The maximum Gasteiger partial charge on any atom is 0.416 e. The Bertz CT molecular complexity index is 1310. The van der Waals surface area contributed by atoms with Crippen molar-refractivity contribution in [2.45, 2.75) is 25.1 Å². The Kier molecular flexibility index (Phi) is 7.59. The summed E-state index contributed by atoms with van der Waals surface area (Å²) in [7, 11) is 3.23. The van der Waals surface area contributed by atoms with Crippen LogP contribution in [-0.2, 0) is 23.8 Å². The highest BCUT2D eigenvalue weighted by molar-refractivity contribution is 5.82. The lowest BCUT2D eigenvalue weighted by molar-refractivity contribution is -0.137. The third kappa shape index (κ3) is 5.62. The summed E-state index contributed by atoms with van der Waals surface area (Å²) in [5.74, 6) is 0.864. The van der Waals surface area contributed by atoms with Gasteiger partial charge in [-0.2, -0.15) is 13.2 Å². The third-order valence-electron chi connectivity index (χ3n) is 7.70. The first kappa shape index (κ1) is 26.7. The van der Waals surface area contributed by atoms with E-state index in [-0.39, 0.29) is 18.4 Å². The molecule has 1 N–H and O–H groups in total. The van der Waals surface area contributed by atoms with Crippen LogP contribution in [0.3, 0.4) is 0 Å². The zero-order chi connectivity index (χ0) is 27.6. The Morgan fingerprint density at radius 3 is 2.49 bits per heavy atom. The van der Waals surface area contributed by atoms with E-state index < -0.39 is 17.7 Å². The number of methoxy groups -OCH3 is 2. The highest BCUT2D eigenvalue weighted by Crippen LogP contribution is 2.40. The number of anilines is 2. The number of alkyl halides is 3. The van der Waals surface area contributed by atoms with Crippen molar-refractivity contribution in [3.63, 3.8) is 0 Å². The largest absolute Gasteiger partial charge is 0.497 e. The van der Waals surface area contributed by atoms with Gasteiger partial charge in [-0.05, 0) is 72.5 Å². The van der Waals surface area contributed by atoms with Crippen LogP contribution in [0, 0.1) is 5.92 Å². The quantitative estimate of drug-likeness (QED) is 0.461. The van der Waals surface area contributed by atoms with E-state index in [0.29, 0.717) is 38.2 Å². The summed E-state index contributed by atoms with van der Waals surface area (Å²) in [6, 6.07) is 19.1. The molecule has 5 rings (SSSR count). The summed E-state index contributed by atoms with van der Waals surface area (Å²) in [5, 5.41) is 3.05. The van der Waals surface area contributed by atoms with E-state index in [2.05, 4.69) is 15.1 Å². The van der Waals surface area contributed by atoms with Gasteiger partial charge in [0.15, 0.2) is 0 Å². The molecule has 9 heteroatoms. The van der Waals surface area contributed by atoms with Crippen molar-refractivity contribution < 1.29 is 27.4 Å². The van der Waals surface area contributed by atoms with Crippen molar-refractivity contribution in [2.75, 3.05) is 50.2 Å². The number of benzene rings is 3. The molecule has 0 aromatic heterocycles. The molecule has 0 saturated carbocycles. The molecule has 0 bridgehead atoms. The van der Waals surface area contributed by atoms with Gasteiger partial charge in [0.05, 0.1) is 31.7 Å². The number of hydrogen-bond acceptors (Lipinski definition) is 5. The van der Waals surface area contributed by atoms with Gasteiger partial charge in [0.25, 0.3) is 0 Å². The van der Waals surface area contributed by atoms with Crippen molar-refractivity contribution in [1.82, 2.24) is 5.32 Å². The molecule has 2 aliphatic heterocycles. The number of amides is 1. The predicted octanol–water partition coefficient (Wildman–Crippen LogP) is 4.95. The number of piperazine rings is 1. The van der Waals surface area contributed by atoms with E-state index in [1.807, 2.05) is 48.5 Å². The van der Waals surface area contributed by atoms with Crippen LogP contribution >= 0.6 is 0 Å². The molecule has 206 valence electrons. The van der Waals surface area contributed by atoms with E-state index in [1.54, 1.807) is 20.3 Å². The van der Waals surface area contributed by atoms with Crippen LogP contribution < -0.4 is 24.6 Å². The third-order valence-corrected chi connectivity index (χ3v) is 7.70. The number of carbonyl (C=O) groups is 1. The molecule has 3 aromatic rings. The summed E-state index contributed by atoms with van der Waals surface area (Å²) in [6.07, 6.45) is -3.60. The summed E-state index contributed by atoms with van der Waals surface area (Å²) >= 11 is 0. The van der Waals surface area contributed by atoms with Gasteiger partial charge in [0, 0.05) is 37.6 Å². The molecule has 2 heterocycles. The van der Waals surface area contributed by atoms with Crippen molar-refractivity contribution in [3.8, 4) is 11.5 Å². The topological polar surface area (TPSA) is 54.0 Å². The fourth-order valence-electron chi connectivity index (χ4n) is 5.69. The van der Waals surface area contributed by atoms with Gasteiger partial charge in [0.2, 0.25) is 5.91 Å². The first-order valence-electron chi connectivity index (χ1n) is 13.0. The molecule has 0 radical (unpaired) electrons. The molecular weight excluding hydrogens is 507 g/mol. The minimum Gasteiger partial charge on any atom is -0.497 e. The van der Waals surface area contributed by atoms with Gasteiger partial charge in [-0.1, -0.05) is 18.2 Å². The number of para-hydroxylation sites is 1. The fraction of sp³-hybridized carbons (Fsp3) is 0.367. The molecule has 1 saturated heterocycles. The zero-order valence-corrected chi connectivity index (χ0v) is 22.0. The Labute approximate surface area is 226 Å². The van der Waals surface area contributed by atoms with E-state index in [0.717, 1.165) is 34.5 Å². The SMILES string of the molecule is COc1ccc(N2CCN3c4ccc(C(F)(F)F)cc4CC(C(=O)NCCc4ccccc4OC)C3C2)cc1. The Morgan fingerprint density at radius 1 is 1.00 bits per heavy atom. The second kappa shape index (κ2) is 11.1. The van der Waals surface area contributed by atoms with E-state index in [9.17, 15) is 18.0 Å². The monoisotopic (exact) mass is 539 g/mol. The van der Waals surface area contributed by atoms with Gasteiger partial charge in [-0.25, -0.2) is 0 Å². The van der Waals surface area contributed by atoms with Crippen LogP contribution in [0.15, 0.2) is 66.7 Å². The van der Waals surface area contributed by atoms with Crippen LogP contribution in [-0.4, -0.2) is 52.3 Å². The molecule has 2 aliphatic rings. The predicted molar refractivity (Wildman–Crippen MR) is 145 cm³/mol. The maximum atomic E-state index is 13.6. The van der Waals surface area contributed by atoms with Crippen molar-refractivity contribution >= 4 is 17.3 Å². The van der Waals surface area contributed by atoms with Crippen LogP contribution in [0.1, 0.15) is 16.7 Å². The number of halogens is 3. The Hall–Kier alpha value is -3.88. The highest BCUT2D eigenvalue weighted by Gasteiger charge is 2.42. The van der Waals surface area contributed by atoms with Gasteiger partial charge in [-0.3, -0.25) is 4.79 Å². The van der Waals surface area contributed by atoms with Gasteiger partial charge in [0.1, 0.15) is 11.5 Å². The smallest absolute Gasteiger partial charge is 0.416 e. The van der Waals surface area contributed by atoms with Crippen LogP contribution in [0.25, 0.3) is 0 Å². The molecule has 0 spiro atoms. The number of fused-ring (bicyclic) bond motifs is 3. The molecule has 6 nitrogen and oxygen atoms in total. The standard InChI is InChI=1S/C30H32F3N3O3/c1-38-24-10-8-23(9-11-24)35-15-16-36-26-12-7-22(30(31,32)33)17-21(26)18-25(27(36)19-35)29(37)34-14-13-20-5-3-4-6-28(20)39-2/h3-12,17,25,27H,13-16,18-19H2,1-2H3,(H,34,37). The minimum atomic E-state index is -4.44. The average molecular weight is 540 g/mol. The molecule has 1 fully saturated rings. The molecule has 1 amide bonds. The van der Waals surface area contributed by atoms with E-state index in [4.69, 9.17) is 9.47 Å². The molecular formula is C30H32F3N3O3. The molecule has 0 aliphatic carbocycles. The van der Waals surface area contributed by atoms with Crippen molar-refractivity contribution in [2.24, 2.45) is 5.92 Å². The molecule has 2 atom stereocenters. The van der Waals surface area contributed by atoms with Gasteiger partial charge < -0.3 is 24.6 Å². The number of ether oxygens (including phenoxy) is 2. The summed E-state index contributed by atoms with van der Waals surface area (Å²) in [5.41, 5.74) is 2.65. The number of carbonyl (C=O) groups excluding carboxylic acids is 1. The maximum absolute atomic E-state index is 13.6. The first-order valence-corrected chi connectivity index (χ1v) is 13.0. The zero-order valence-electron chi connectivity index (χ0n) is 22.0. The van der Waals surface area contributed by atoms with Gasteiger partial charge >= 0.3 is 6.18 Å². The number of nitrogens with zero attached hydrogens (tertiary/aromatic N) is 2. The lowest BCUT2D eigenvalue weighted by Gasteiger charge is -2.49. The highest BCUT2D eigenvalue weighted by atomic mass is 19.4. The number of hydrogen-bond donors (Lipinski definition) is 1. The second-order valence-corrected chi connectivity index (χ2v) is 9.91. The van der Waals surface area contributed by atoms with Crippen LogP contribution in [0.2, 0.25) is 0 Å². The minimum absolute atomic E-state index is 0.153. The van der Waals surface area contributed by atoms with E-state index >= 15 is 0 Å². The summed E-state index contributed by atoms with van der Waals surface area (Å²) in [6.45, 7) is 2.27. The van der Waals surface area contributed by atoms with Gasteiger partial charge in [-0.15, -0.1) is 0 Å². The fourth-order valence-corrected chi connectivity index (χ4v) is 5.69. The lowest BCUT2D eigenvalue weighted by Crippen LogP contribution is -2.61. The van der Waals surface area contributed by atoms with Crippen LogP contribution in [0.5, 0.6) is 11.5 Å². The lowest BCUT2D eigenvalue weighted by atomic mass is 9.82. The summed E-state index contributed by atoms with van der Waals surface area (Å²) in [4.78, 5) is 17.9. The molecule has 2 unspecified atom stereocenters. The number of nitrogens with one attached hydrogen (secondary N) is 1. The normalized spacial score (nSPS) is 18.7. The Balaban J connectivity index is 1.38. The average Bonchev–Trinajstić information content (AvgIpc) is 2.95. The van der Waals surface area contributed by atoms with Crippen molar-refractivity contribution in [3.05, 3.63) is 83.4 Å².